The van der Waals surface area contributed by atoms with Crippen LogP contribution in [0.1, 0.15) is 36.1 Å². The summed E-state index contributed by atoms with van der Waals surface area (Å²) in [5.74, 6) is -2.28. The predicted octanol–water partition coefficient (Wildman–Crippen LogP) is 4.03. The van der Waals surface area contributed by atoms with Gasteiger partial charge >= 0.3 is 16.4 Å². The van der Waals surface area contributed by atoms with E-state index >= 15 is 4.39 Å². The number of hydrogen-bond acceptors (Lipinski definition) is 7. The van der Waals surface area contributed by atoms with Crippen molar-refractivity contribution in [3.8, 4) is 5.75 Å². The lowest BCUT2D eigenvalue weighted by Crippen LogP contribution is -2.59. The Morgan fingerprint density at radius 1 is 0.930 bits per heavy atom. The molecule has 2 saturated heterocycles. The third-order valence-corrected chi connectivity index (χ3v) is 8.86. The van der Waals surface area contributed by atoms with Gasteiger partial charge in [-0.2, -0.15) is 12.7 Å². The molecule has 3 N–H and O–H groups in total. The van der Waals surface area contributed by atoms with E-state index in [-0.39, 0.29) is 50.3 Å². The van der Waals surface area contributed by atoms with Crippen molar-refractivity contribution in [3.63, 3.8) is 0 Å². The molecule has 1 amide bonds. The summed E-state index contributed by atoms with van der Waals surface area (Å²) in [4.78, 5) is 15.4. The number of aliphatic hydroxyl groups is 2. The van der Waals surface area contributed by atoms with Crippen LogP contribution in [0, 0.1) is 23.4 Å². The van der Waals surface area contributed by atoms with E-state index in [1.54, 1.807) is 0 Å². The van der Waals surface area contributed by atoms with Gasteiger partial charge in [0.15, 0.2) is 0 Å². The Bertz CT molecular complexity index is 1550. The molecule has 0 aliphatic carbocycles. The van der Waals surface area contributed by atoms with Gasteiger partial charge in [0.25, 0.3) is 0 Å². The fourth-order valence-electron chi connectivity index (χ4n) is 5.53. The molecule has 2 aliphatic heterocycles. The zero-order valence-electron chi connectivity index (χ0n) is 22.8. The summed E-state index contributed by atoms with van der Waals surface area (Å²) in [5.41, 5.74) is 1.13. The summed E-state index contributed by atoms with van der Waals surface area (Å²) in [7, 11) is -4.37. The Labute approximate surface area is 246 Å². The number of benzene rings is 3. The molecular weight excluding hydrogens is 591 g/mol. The van der Waals surface area contributed by atoms with Crippen molar-refractivity contribution < 1.29 is 45.9 Å². The van der Waals surface area contributed by atoms with Gasteiger partial charge in [0.05, 0.1) is 12.1 Å². The fraction of sp³-hybridized carbons (Fsp3) is 0.345. The minimum absolute atomic E-state index is 0.0305. The minimum Gasteiger partial charge on any atom is -0.410 e. The standard InChI is InChI=1S/C29H30F3N3O7S/c30-19-3-1-18(2-4-19)26(36)12-11-24-27(35(28(24)37)21-7-5-20(31)6-8-21)23-10-9-22(17-25(23)32)42-29(38)33-13-15-34(16-14-33)43(39,40)41/h1-10,17,24,26-28,36-37H,11-16H2,(H,39,40,41)/t24-,26+,27-,28?/m1/s1. The van der Waals surface area contributed by atoms with Gasteiger partial charge in [0.1, 0.15) is 29.4 Å². The van der Waals surface area contributed by atoms with Gasteiger partial charge in [-0.05, 0) is 60.9 Å². The number of hydrogen-bond donors (Lipinski definition) is 3. The normalized spacial score (nSPS) is 21.8. The molecule has 0 radical (unpaired) electrons. The van der Waals surface area contributed by atoms with Crippen LogP contribution in [0.5, 0.6) is 5.75 Å². The highest BCUT2D eigenvalue weighted by Gasteiger charge is 2.49. The number of ether oxygens (including phenoxy) is 1. The number of piperazine rings is 1. The van der Waals surface area contributed by atoms with Crippen LogP contribution >= 0.6 is 0 Å². The second-order valence-electron chi connectivity index (χ2n) is 10.5. The van der Waals surface area contributed by atoms with Crippen molar-refractivity contribution >= 4 is 22.1 Å². The highest BCUT2D eigenvalue weighted by Crippen LogP contribution is 2.49. The maximum atomic E-state index is 15.6. The molecule has 10 nitrogen and oxygen atoms in total. The Morgan fingerprint density at radius 3 is 2.12 bits per heavy atom. The first-order valence-electron chi connectivity index (χ1n) is 13.6. The van der Waals surface area contributed by atoms with E-state index in [1.807, 2.05) is 0 Å². The summed E-state index contributed by atoms with van der Waals surface area (Å²) in [6.07, 6.45) is -2.37. The number of carbonyl (C=O) groups is 1. The first-order chi connectivity index (χ1) is 20.4. The molecule has 1 unspecified atom stereocenters. The molecule has 0 aromatic heterocycles. The molecule has 14 heteroatoms. The van der Waals surface area contributed by atoms with Gasteiger partial charge in [-0.25, -0.2) is 18.0 Å². The summed E-state index contributed by atoms with van der Waals surface area (Å²) >= 11 is 0. The number of anilines is 1. The maximum absolute atomic E-state index is 15.6. The summed E-state index contributed by atoms with van der Waals surface area (Å²) in [6.45, 7) is -0.308. The van der Waals surface area contributed by atoms with Crippen molar-refractivity contribution in [1.29, 1.82) is 0 Å². The highest BCUT2D eigenvalue weighted by molar-refractivity contribution is 7.83. The summed E-state index contributed by atoms with van der Waals surface area (Å²) in [5, 5.41) is 21.7. The van der Waals surface area contributed by atoms with E-state index in [1.165, 1.54) is 70.5 Å². The molecule has 2 heterocycles. The van der Waals surface area contributed by atoms with E-state index in [4.69, 9.17) is 9.29 Å². The van der Waals surface area contributed by atoms with Crippen molar-refractivity contribution in [2.45, 2.75) is 31.2 Å². The smallest absolute Gasteiger partial charge is 0.410 e. The third kappa shape index (κ3) is 6.78. The zero-order valence-corrected chi connectivity index (χ0v) is 23.6. The van der Waals surface area contributed by atoms with Crippen LogP contribution in [0.25, 0.3) is 0 Å². The Balaban J connectivity index is 1.31. The first-order valence-corrected chi connectivity index (χ1v) is 15.0. The molecule has 5 rings (SSSR count). The summed E-state index contributed by atoms with van der Waals surface area (Å²) < 4.78 is 80.3. The van der Waals surface area contributed by atoms with Crippen LogP contribution in [0.3, 0.4) is 0 Å². The number of aliphatic hydroxyl groups excluding tert-OH is 2. The molecule has 230 valence electrons. The molecule has 3 aromatic carbocycles. The van der Waals surface area contributed by atoms with Crippen LogP contribution in [0.15, 0.2) is 66.7 Å². The van der Waals surface area contributed by atoms with E-state index in [2.05, 4.69) is 0 Å². The molecule has 0 bridgehead atoms. The van der Waals surface area contributed by atoms with Crippen molar-refractivity contribution in [1.82, 2.24) is 9.21 Å². The molecule has 2 fully saturated rings. The molecular formula is C29H30F3N3O7S. The number of nitrogens with zero attached hydrogens (tertiary/aromatic N) is 3. The van der Waals surface area contributed by atoms with E-state index < -0.39 is 58.1 Å². The highest BCUT2D eigenvalue weighted by atomic mass is 32.2. The van der Waals surface area contributed by atoms with Crippen molar-refractivity contribution in [3.05, 3.63) is 95.3 Å². The van der Waals surface area contributed by atoms with Crippen LogP contribution in [0.2, 0.25) is 0 Å². The molecule has 4 atom stereocenters. The second kappa shape index (κ2) is 12.5. The van der Waals surface area contributed by atoms with Gasteiger partial charge in [-0.15, -0.1) is 0 Å². The monoisotopic (exact) mass is 621 g/mol. The Hall–Kier alpha value is -3.69. The minimum atomic E-state index is -4.37. The van der Waals surface area contributed by atoms with Gasteiger partial charge in [0.2, 0.25) is 0 Å². The van der Waals surface area contributed by atoms with E-state index in [0.717, 1.165) is 10.4 Å². The number of halogens is 3. The average molecular weight is 622 g/mol. The average Bonchev–Trinajstić information content (AvgIpc) is 2.97. The molecule has 3 aromatic rings. The summed E-state index contributed by atoms with van der Waals surface area (Å²) in [6, 6.07) is 13.9. The quantitative estimate of drug-likeness (QED) is 0.322. The molecule has 2 aliphatic rings. The third-order valence-electron chi connectivity index (χ3n) is 7.85. The van der Waals surface area contributed by atoms with Crippen LogP contribution in [0.4, 0.5) is 23.7 Å². The SMILES string of the molecule is O=C(Oc1ccc([C@@H]2[C@@H](CC[C@H](O)c3ccc(F)cc3)C(O)N2c2ccc(F)cc2)c(F)c1)N1CCN(S(=O)(=O)O)CC1. The zero-order chi connectivity index (χ0) is 30.9. The lowest BCUT2D eigenvalue weighted by molar-refractivity contribution is -0.00782. The van der Waals surface area contributed by atoms with Gasteiger partial charge < -0.3 is 24.7 Å². The number of amides is 1. The van der Waals surface area contributed by atoms with Gasteiger partial charge in [0, 0.05) is 49.4 Å². The predicted molar refractivity (Wildman–Crippen MR) is 149 cm³/mol. The van der Waals surface area contributed by atoms with E-state index in [9.17, 15) is 32.2 Å². The maximum Gasteiger partial charge on any atom is 0.415 e. The molecule has 43 heavy (non-hydrogen) atoms. The Kier molecular flexibility index (Phi) is 8.94. The largest absolute Gasteiger partial charge is 0.415 e. The van der Waals surface area contributed by atoms with Crippen LogP contribution in [-0.4, -0.2) is 70.9 Å². The van der Waals surface area contributed by atoms with Crippen molar-refractivity contribution in [2.24, 2.45) is 5.92 Å². The lowest BCUT2D eigenvalue weighted by Gasteiger charge is -2.54. The number of carbonyl (C=O) groups excluding carboxylic acids is 1. The van der Waals surface area contributed by atoms with Crippen LogP contribution < -0.4 is 9.64 Å². The lowest BCUT2D eigenvalue weighted by atomic mass is 9.77. The number of rotatable bonds is 8. The first kappa shape index (κ1) is 30.8. The van der Waals surface area contributed by atoms with Gasteiger partial charge in [-0.3, -0.25) is 4.55 Å². The molecule has 0 saturated carbocycles. The van der Waals surface area contributed by atoms with E-state index in [0.29, 0.717) is 11.3 Å². The topological polar surface area (TPSA) is 131 Å². The van der Waals surface area contributed by atoms with Gasteiger partial charge in [-0.1, -0.05) is 18.2 Å². The Morgan fingerprint density at radius 2 is 1.53 bits per heavy atom. The van der Waals surface area contributed by atoms with Crippen molar-refractivity contribution in [2.75, 3.05) is 31.1 Å². The molecule has 0 spiro atoms. The fourth-order valence-corrected chi connectivity index (χ4v) is 6.16. The second-order valence-corrected chi connectivity index (χ2v) is 11.9. The van der Waals surface area contributed by atoms with Crippen LogP contribution in [-0.2, 0) is 10.3 Å².